The number of ether oxygens (including phenoxy) is 1. The maximum Gasteiger partial charge on any atom is 0.0590 e. The molecule has 0 aromatic rings. The van der Waals surface area contributed by atoms with Crippen molar-refractivity contribution in [2.75, 3.05) is 26.8 Å². The molecule has 0 spiro atoms. The van der Waals surface area contributed by atoms with E-state index in [4.69, 9.17) is 10.5 Å². The Kier molecular flexibility index (Phi) is 7.33. The average molecular weight is 270 g/mol. The van der Waals surface area contributed by atoms with Gasteiger partial charge in [-0.15, -0.1) is 0 Å². The van der Waals surface area contributed by atoms with Gasteiger partial charge in [-0.3, -0.25) is 4.90 Å². The van der Waals surface area contributed by atoms with Crippen LogP contribution >= 0.6 is 0 Å². The minimum Gasteiger partial charge on any atom is -0.383 e. The largest absolute Gasteiger partial charge is 0.383 e. The predicted molar refractivity (Wildman–Crippen MR) is 82.4 cm³/mol. The molecule has 0 saturated heterocycles. The number of hydrogen-bond donors (Lipinski definition) is 1. The quantitative estimate of drug-likeness (QED) is 0.723. The molecule has 1 saturated carbocycles. The number of nitrogens with two attached hydrogens (primary N) is 1. The van der Waals surface area contributed by atoms with Crippen molar-refractivity contribution in [1.29, 1.82) is 0 Å². The standard InChI is InChI=1S/C16H34N2O/c1-5-15-7-6-9-16(13-17,10-8-15)18(14(2)3)11-12-19-4/h14-15H,5-13,17H2,1-4H3. The van der Waals surface area contributed by atoms with Crippen LogP contribution in [0.3, 0.4) is 0 Å². The van der Waals surface area contributed by atoms with Gasteiger partial charge in [-0.25, -0.2) is 0 Å². The van der Waals surface area contributed by atoms with Gasteiger partial charge < -0.3 is 10.5 Å². The summed E-state index contributed by atoms with van der Waals surface area (Å²) in [5, 5.41) is 0. The molecule has 3 heteroatoms. The van der Waals surface area contributed by atoms with E-state index < -0.39 is 0 Å². The zero-order chi connectivity index (χ0) is 14.3. The number of rotatable bonds is 7. The van der Waals surface area contributed by atoms with Gasteiger partial charge in [0.15, 0.2) is 0 Å². The van der Waals surface area contributed by atoms with E-state index in [1.165, 1.54) is 38.5 Å². The molecule has 2 N–H and O–H groups in total. The van der Waals surface area contributed by atoms with Gasteiger partial charge >= 0.3 is 0 Å². The number of methoxy groups -OCH3 is 1. The molecule has 1 aliphatic rings. The highest BCUT2D eigenvalue weighted by Crippen LogP contribution is 2.36. The van der Waals surface area contributed by atoms with Crippen LogP contribution in [0.5, 0.6) is 0 Å². The summed E-state index contributed by atoms with van der Waals surface area (Å²) < 4.78 is 5.29. The van der Waals surface area contributed by atoms with Crippen LogP contribution in [0.2, 0.25) is 0 Å². The minimum absolute atomic E-state index is 0.205. The molecule has 0 heterocycles. The van der Waals surface area contributed by atoms with Crippen LogP contribution in [-0.2, 0) is 4.74 Å². The van der Waals surface area contributed by atoms with Crippen molar-refractivity contribution in [3.63, 3.8) is 0 Å². The minimum atomic E-state index is 0.205. The second-order valence-corrected chi connectivity index (χ2v) is 6.41. The lowest BCUT2D eigenvalue weighted by Gasteiger charge is -2.46. The maximum atomic E-state index is 6.22. The van der Waals surface area contributed by atoms with Crippen LogP contribution in [0.25, 0.3) is 0 Å². The molecule has 2 unspecified atom stereocenters. The van der Waals surface area contributed by atoms with Gasteiger partial charge in [0, 0.05) is 31.8 Å². The van der Waals surface area contributed by atoms with Gasteiger partial charge in [-0.2, -0.15) is 0 Å². The lowest BCUT2D eigenvalue weighted by atomic mass is 9.86. The van der Waals surface area contributed by atoms with Crippen molar-refractivity contribution in [3.05, 3.63) is 0 Å². The van der Waals surface area contributed by atoms with Gasteiger partial charge in [0.1, 0.15) is 0 Å². The Labute approximate surface area is 119 Å². The molecule has 0 aromatic heterocycles. The number of hydrogen-bond acceptors (Lipinski definition) is 3. The van der Waals surface area contributed by atoms with Crippen LogP contribution < -0.4 is 5.73 Å². The Morgan fingerprint density at radius 2 is 2.05 bits per heavy atom. The van der Waals surface area contributed by atoms with Gasteiger partial charge in [0.25, 0.3) is 0 Å². The van der Waals surface area contributed by atoms with E-state index in [0.29, 0.717) is 6.04 Å². The van der Waals surface area contributed by atoms with E-state index in [-0.39, 0.29) is 5.54 Å². The molecule has 1 rings (SSSR count). The fourth-order valence-electron chi connectivity index (χ4n) is 3.71. The van der Waals surface area contributed by atoms with Crippen molar-refractivity contribution in [1.82, 2.24) is 4.90 Å². The molecule has 114 valence electrons. The van der Waals surface area contributed by atoms with Crippen molar-refractivity contribution in [2.24, 2.45) is 11.7 Å². The zero-order valence-corrected chi connectivity index (χ0v) is 13.5. The summed E-state index contributed by atoms with van der Waals surface area (Å²) in [4.78, 5) is 2.61. The highest BCUT2D eigenvalue weighted by molar-refractivity contribution is 4.95. The fourth-order valence-corrected chi connectivity index (χ4v) is 3.71. The molecule has 19 heavy (non-hydrogen) atoms. The molecule has 0 amide bonds. The lowest BCUT2D eigenvalue weighted by Crippen LogP contribution is -2.57. The van der Waals surface area contributed by atoms with E-state index in [9.17, 15) is 0 Å². The first-order valence-corrected chi connectivity index (χ1v) is 8.05. The van der Waals surface area contributed by atoms with Gasteiger partial charge in [0.2, 0.25) is 0 Å². The summed E-state index contributed by atoms with van der Waals surface area (Å²) in [7, 11) is 1.79. The van der Waals surface area contributed by atoms with Crippen LogP contribution in [0.1, 0.15) is 59.3 Å². The second-order valence-electron chi connectivity index (χ2n) is 6.41. The van der Waals surface area contributed by atoms with Gasteiger partial charge in [0.05, 0.1) is 6.61 Å². The molecule has 1 aliphatic carbocycles. The summed E-state index contributed by atoms with van der Waals surface area (Å²) in [5.74, 6) is 0.907. The summed E-state index contributed by atoms with van der Waals surface area (Å²) in [6.45, 7) is 9.49. The van der Waals surface area contributed by atoms with Gasteiger partial charge in [-0.05, 0) is 39.0 Å². The average Bonchev–Trinajstić information content (AvgIpc) is 2.62. The molecule has 0 bridgehead atoms. The van der Waals surface area contributed by atoms with Crippen molar-refractivity contribution < 1.29 is 4.74 Å². The highest BCUT2D eigenvalue weighted by Gasteiger charge is 2.38. The SMILES string of the molecule is CCC1CCCC(CN)(N(CCOC)C(C)C)CC1. The smallest absolute Gasteiger partial charge is 0.0590 e. The Morgan fingerprint density at radius 1 is 1.32 bits per heavy atom. The molecule has 0 radical (unpaired) electrons. The van der Waals surface area contributed by atoms with E-state index in [1.807, 2.05) is 0 Å². The summed E-state index contributed by atoms with van der Waals surface area (Å²) in [6, 6.07) is 0.539. The van der Waals surface area contributed by atoms with E-state index >= 15 is 0 Å². The Balaban J connectivity index is 2.80. The normalized spacial score (nSPS) is 28.9. The molecule has 1 fully saturated rings. The second kappa shape index (κ2) is 8.23. The Hall–Kier alpha value is -0.120. The third kappa shape index (κ3) is 4.44. The summed E-state index contributed by atoms with van der Waals surface area (Å²) >= 11 is 0. The molecule has 3 nitrogen and oxygen atoms in total. The molecule has 0 aromatic carbocycles. The predicted octanol–water partition coefficient (Wildman–Crippen LogP) is 3.03. The number of nitrogens with zero attached hydrogens (tertiary/aromatic N) is 1. The first-order chi connectivity index (χ1) is 9.09. The molecule has 0 aliphatic heterocycles. The van der Waals surface area contributed by atoms with Crippen LogP contribution in [-0.4, -0.2) is 43.3 Å². The highest BCUT2D eigenvalue weighted by atomic mass is 16.5. The third-order valence-electron chi connectivity index (χ3n) is 5.00. The van der Waals surface area contributed by atoms with Crippen molar-refractivity contribution >= 4 is 0 Å². The van der Waals surface area contributed by atoms with Crippen LogP contribution in [0.15, 0.2) is 0 Å². The lowest BCUT2D eigenvalue weighted by molar-refractivity contribution is 0.0232. The van der Waals surface area contributed by atoms with Crippen LogP contribution in [0, 0.1) is 5.92 Å². The first kappa shape index (κ1) is 16.9. The zero-order valence-electron chi connectivity index (χ0n) is 13.5. The van der Waals surface area contributed by atoms with Gasteiger partial charge in [-0.1, -0.05) is 26.2 Å². The van der Waals surface area contributed by atoms with Crippen molar-refractivity contribution in [2.45, 2.75) is 70.9 Å². The first-order valence-electron chi connectivity index (χ1n) is 8.05. The van der Waals surface area contributed by atoms with E-state index in [1.54, 1.807) is 7.11 Å². The third-order valence-corrected chi connectivity index (χ3v) is 5.00. The van der Waals surface area contributed by atoms with Crippen molar-refractivity contribution in [3.8, 4) is 0 Å². The van der Waals surface area contributed by atoms with E-state index in [2.05, 4.69) is 25.7 Å². The summed E-state index contributed by atoms with van der Waals surface area (Å²) in [5.41, 5.74) is 6.43. The maximum absolute atomic E-state index is 6.22. The molecular weight excluding hydrogens is 236 g/mol. The Bertz CT molecular complexity index is 245. The molecule has 2 atom stereocenters. The molecular formula is C16H34N2O. The Morgan fingerprint density at radius 3 is 2.58 bits per heavy atom. The van der Waals surface area contributed by atoms with Crippen LogP contribution in [0.4, 0.5) is 0 Å². The van der Waals surface area contributed by atoms with E-state index in [0.717, 1.165) is 25.6 Å². The monoisotopic (exact) mass is 270 g/mol. The summed E-state index contributed by atoms with van der Waals surface area (Å²) in [6.07, 6.45) is 7.87. The topological polar surface area (TPSA) is 38.5 Å². The fraction of sp³-hybridized carbons (Fsp3) is 1.00.